The van der Waals surface area contributed by atoms with Gasteiger partial charge in [0, 0.05) is 37.8 Å². The Hall–Kier alpha value is -3.17. The predicted molar refractivity (Wildman–Crippen MR) is 97.5 cm³/mol. The number of alkyl halides is 2. The maximum absolute atomic E-state index is 13.7. The van der Waals surface area contributed by atoms with Gasteiger partial charge in [-0.15, -0.1) is 0 Å². The molecule has 0 atom stereocenters. The molecule has 0 bridgehead atoms. The van der Waals surface area contributed by atoms with Crippen LogP contribution in [0.1, 0.15) is 11.1 Å². The number of nitrogens with one attached hydrogen (secondary N) is 2. The molecule has 3 rings (SSSR count). The van der Waals surface area contributed by atoms with E-state index in [0.29, 0.717) is 41.6 Å². The second-order valence-corrected chi connectivity index (χ2v) is 6.03. The molecule has 0 unspecified atom stereocenters. The van der Waals surface area contributed by atoms with Crippen molar-refractivity contribution in [2.45, 2.75) is 19.6 Å². The number of fused-ring (bicyclic) bond motifs is 1. The van der Waals surface area contributed by atoms with Crippen LogP contribution in [0.5, 0.6) is 17.2 Å². The second kappa shape index (κ2) is 9.35. The summed E-state index contributed by atoms with van der Waals surface area (Å²) in [4.78, 5) is 4.03. The Kier molecular flexibility index (Phi) is 6.63. The van der Waals surface area contributed by atoms with Crippen molar-refractivity contribution in [2.24, 2.45) is 4.99 Å². The predicted octanol–water partition coefficient (Wildman–Crippen LogP) is 3.20. The zero-order valence-corrected chi connectivity index (χ0v) is 15.5. The topological polar surface area (TPSA) is 64.1 Å². The zero-order chi connectivity index (χ0) is 20.8. The molecule has 0 aliphatic carbocycles. The quantitative estimate of drug-likeness (QED) is 0.415. The molecule has 29 heavy (non-hydrogen) atoms. The van der Waals surface area contributed by atoms with Gasteiger partial charge in [-0.3, -0.25) is 4.99 Å². The number of ether oxygens (including phenoxy) is 3. The third kappa shape index (κ3) is 5.43. The maximum Gasteiger partial charge on any atom is 0.387 e. The molecule has 0 spiro atoms. The first-order valence-corrected chi connectivity index (χ1v) is 8.72. The van der Waals surface area contributed by atoms with Crippen LogP contribution < -0.4 is 24.8 Å². The van der Waals surface area contributed by atoms with Crippen LogP contribution in [0.25, 0.3) is 0 Å². The van der Waals surface area contributed by atoms with Crippen molar-refractivity contribution in [1.82, 2.24) is 10.6 Å². The highest BCUT2D eigenvalue weighted by atomic mass is 19.3. The monoisotopic (exact) mass is 413 g/mol. The summed E-state index contributed by atoms with van der Waals surface area (Å²) in [5.41, 5.74) is 0.778. The first kappa shape index (κ1) is 20.6. The van der Waals surface area contributed by atoms with Gasteiger partial charge in [-0.25, -0.2) is 8.78 Å². The highest BCUT2D eigenvalue weighted by molar-refractivity contribution is 5.79. The fourth-order valence-electron chi connectivity index (χ4n) is 2.75. The summed E-state index contributed by atoms with van der Waals surface area (Å²) in [6.07, 6.45) is 0.302. The second-order valence-electron chi connectivity index (χ2n) is 6.03. The van der Waals surface area contributed by atoms with E-state index in [1.807, 2.05) is 0 Å². The Labute approximate surface area is 164 Å². The summed E-state index contributed by atoms with van der Waals surface area (Å²) in [7, 11) is 1.53. The van der Waals surface area contributed by atoms with E-state index in [-0.39, 0.29) is 19.1 Å². The zero-order valence-electron chi connectivity index (χ0n) is 15.5. The van der Waals surface area contributed by atoms with E-state index in [1.165, 1.54) is 25.2 Å². The SMILES string of the molecule is CN=C(NCCc1ccc(F)cc1F)NCc1cc2c(cc1OC(F)F)OCO2. The molecule has 2 N–H and O–H groups in total. The molecule has 0 amide bonds. The van der Waals surface area contributed by atoms with Crippen molar-refractivity contribution < 1.29 is 31.8 Å². The van der Waals surface area contributed by atoms with E-state index in [0.717, 1.165) is 6.07 Å². The average Bonchev–Trinajstić information content (AvgIpc) is 3.12. The van der Waals surface area contributed by atoms with E-state index >= 15 is 0 Å². The lowest BCUT2D eigenvalue weighted by Crippen LogP contribution is -2.38. The lowest BCUT2D eigenvalue weighted by Gasteiger charge is -2.15. The molecular weight excluding hydrogens is 394 g/mol. The fraction of sp³-hybridized carbons (Fsp3) is 0.316. The molecule has 156 valence electrons. The summed E-state index contributed by atoms with van der Waals surface area (Å²) in [5, 5.41) is 5.94. The minimum absolute atomic E-state index is 0.00348. The lowest BCUT2D eigenvalue weighted by atomic mass is 10.1. The standard InChI is InChI=1S/C19H19F4N3O3/c1-24-19(25-5-4-11-2-3-13(20)7-14(11)21)26-9-12-6-16-17(28-10-27-16)8-15(12)29-18(22)23/h2-3,6-8,18H,4-5,9-10H2,1H3,(H2,24,25,26). The molecule has 0 saturated heterocycles. The van der Waals surface area contributed by atoms with Gasteiger partial charge in [0.25, 0.3) is 0 Å². The highest BCUT2D eigenvalue weighted by Crippen LogP contribution is 2.38. The number of guanidine groups is 1. The van der Waals surface area contributed by atoms with Crippen LogP contribution in [-0.2, 0) is 13.0 Å². The van der Waals surface area contributed by atoms with Crippen molar-refractivity contribution in [3.8, 4) is 17.2 Å². The van der Waals surface area contributed by atoms with Crippen molar-refractivity contribution in [3.63, 3.8) is 0 Å². The van der Waals surface area contributed by atoms with Crippen LogP contribution in [0, 0.1) is 11.6 Å². The van der Waals surface area contributed by atoms with E-state index in [2.05, 4.69) is 20.4 Å². The Morgan fingerprint density at radius 1 is 1.10 bits per heavy atom. The van der Waals surface area contributed by atoms with Crippen LogP contribution in [0.3, 0.4) is 0 Å². The van der Waals surface area contributed by atoms with Crippen LogP contribution in [0.4, 0.5) is 17.6 Å². The van der Waals surface area contributed by atoms with E-state index in [1.54, 1.807) is 6.07 Å². The molecule has 1 heterocycles. The lowest BCUT2D eigenvalue weighted by molar-refractivity contribution is -0.0505. The molecule has 2 aromatic carbocycles. The molecule has 0 radical (unpaired) electrons. The average molecular weight is 413 g/mol. The summed E-state index contributed by atoms with van der Waals surface area (Å²) >= 11 is 0. The van der Waals surface area contributed by atoms with Crippen molar-refractivity contribution >= 4 is 5.96 Å². The minimum atomic E-state index is -2.99. The third-order valence-electron chi connectivity index (χ3n) is 4.14. The summed E-state index contributed by atoms with van der Waals surface area (Å²) in [5.74, 6) is -0.175. The summed E-state index contributed by atoms with van der Waals surface area (Å²) in [6.45, 7) is -2.55. The van der Waals surface area contributed by atoms with E-state index in [4.69, 9.17) is 9.47 Å². The van der Waals surface area contributed by atoms with Crippen LogP contribution >= 0.6 is 0 Å². The number of hydrogen-bond acceptors (Lipinski definition) is 4. The number of hydrogen-bond donors (Lipinski definition) is 2. The first-order valence-electron chi connectivity index (χ1n) is 8.72. The highest BCUT2D eigenvalue weighted by Gasteiger charge is 2.20. The Balaban J connectivity index is 1.59. The van der Waals surface area contributed by atoms with Crippen molar-refractivity contribution in [3.05, 3.63) is 53.1 Å². The van der Waals surface area contributed by atoms with Gasteiger partial charge in [-0.05, 0) is 24.1 Å². The van der Waals surface area contributed by atoms with Crippen molar-refractivity contribution in [1.29, 1.82) is 0 Å². The van der Waals surface area contributed by atoms with E-state index < -0.39 is 18.2 Å². The largest absolute Gasteiger partial charge is 0.454 e. The van der Waals surface area contributed by atoms with Crippen molar-refractivity contribution in [2.75, 3.05) is 20.4 Å². The molecule has 1 aliphatic heterocycles. The molecule has 0 fully saturated rings. The Bertz CT molecular complexity index is 893. The van der Waals surface area contributed by atoms with Gasteiger partial charge < -0.3 is 24.8 Å². The maximum atomic E-state index is 13.7. The molecule has 0 saturated carbocycles. The smallest absolute Gasteiger partial charge is 0.387 e. The van der Waals surface area contributed by atoms with Crippen LogP contribution in [-0.4, -0.2) is 33.0 Å². The van der Waals surface area contributed by atoms with Gasteiger partial charge in [0.15, 0.2) is 17.5 Å². The number of aliphatic imine (C=N–C) groups is 1. The van der Waals surface area contributed by atoms with E-state index in [9.17, 15) is 17.6 Å². The number of halogens is 4. The summed E-state index contributed by atoms with van der Waals surface area (Å²) < 4.78 is 67.0. The molecule has 0 aromatic heterocycles. The fourth-order valence-corrected chi connectivity index (χ4v) is 2.75. The number of benzene rings is 2. The number of nitrogens with zero attached hydrogens (tertiary/aromatic N) is 1. The molecule has 1 aliphatic rings. The van der Waals surface area contributed by atoms with Crippen LogP contribution in [0.15, 0.2) is 35.3 Å². The normalized spacial score (nSPS) is 13.0. The summed E-state index contributed by atoms with van der Waals surface area (Å²) in [6, 6.07) is 6.29. The number of rotatable bonds is 7. The van der Waals surface area contributed by atoms with Gasteiger partial charge in [0.2, 0.25) is 6.79 Å². The molecule has 10 heteroatoms. The van der Waals surface area contributed by atoms with Gasteiger partial charge >= 0.3 is 6.61 Å². The Morgan fingerprint density at radius 2 is 1.86 bits per heavy atom. The van der Waals surface area contributed by atoms with Crippen LogP contribution in [0.2, 0.25) is 0 Å². The van der Waals surface area contributed by atoms with Gasteiger partial charge in [-0.1, -0.05) is 6.07 Å². The van der Waals surface area contributed by atoms with Gasteiger partial charge in [-0.2, -0.15) is 8.78 Å². The third-order valence-corrected chi connectivity index (χ3v) is 4.14. The Morgan fingerprint density at radius 3 is 2.55 bits per heavy atom. The van der Waals surface area contributed by atoms with Gasteiger partial charge in [0.05, 0.1) is 0 Å². The first-order chi connectivity index (χ1) is 14.0. The molecule has 2 aromatic rings. The molecule has 6 nitrogen and oxygen atoms in total. The van der Waals surface area contributed by atoms with Gasteiger partial charge in [0.1, 0.15) is 17.4 Å². The minimum Gasteiger partial charge on any atom is -0.454 e. The molecular formula is C19H19F4N3O3.